The van der Waals surface area contributed by atoms with Crippen molar-refractivity contribution in [2.75, 3.05) is 12.1 Å². The van der Waals surface area contributed by atoms with Gasteiger partial charge < -0.3 is 18.9 Å². The van der Waals surface area contributed by atoms with Gasteiger partial charge in [0.1, 0.15) is 12.7 Å². The van der Waals surface area contributed by atoms with E-state index >= 15 is 0 Å². The summed E-state index contributed by atoms with van der Waals surface area (Å²) in [5, 5.41) is 8.96. The number of benzene rings is 1. The summed E-state index contributed by atoms with van der Waals surface area (Å²) in [6.45, 7) is 3.71. The summed E-state index contributed by atoms with van der Waals surface area (Å²) in [6.07, 6.45) is -1.67. The van der Waals surface area contributed by atoms with Crippen molar-refractivity contribution in [1.82, 2.24) is 9.55 Å². The SMILES string of the molecule is CC(C)c1ccc(C(=O)OC[C@H]2O[C@@H](n3ccc(NO)nc3=O)[C@H]3OC(=O)/C=C\C(=O)OC23)cc1. The largest absolute Gasteiger partial charge is 0.459 e. The highest BCUT2D eigenvalue weighted by Gasteiger charge is 2.51. The van der Waals surface area contributed by atoms with Crippen LogP contribution in [0.4, 0.5) is 5.82 Å². The fourth-order valence-corrected chi connectivity index (χ4v) is 3.73. The zero-order valence-electron chi connectivity index (χ0n) is 18.8. The Morgan fingerprint density at radius 1 is 1.09 bits per heavy atom. The van der Waals surface area contributed by atoms with Crippen LogP contribution in [0.5, 0.6) is 0 Å². The van der Waals surface area contributed by atoms with Crippen LogP contribution in [0.15, 0.2) is 53.5 Å². The van der Waals surface area contributed by atoms with E-state index in [1.165, 1.54) is 12.3 Å². The van der Waals surface area contributed by atoms with Crippen LogP contribution in [0.2, 0.25) is 0 Å². The smallest absolute Gasteiger partial charge is 0.351 e. The van der Waals surface area contributed by atoms with Crippen molar-refractivity contribution in [2.45, 2.75) is 44.3 Å². The number of fused-ring (bicyclic) bond motifs is 1. The van der Waals surface area contributed by atoms with Gasteiger partial charge in [0.05, 0.1) is 5.56 Å². The molecule has 2 aliphatic heterocycles. The Bertz CT molecular complexity index is 1210. The minimum atomic E-state index is -1.25. The molecule has 184 valence electrons. The Labute approximate surface area is 199 Å². The number of nitrogens with one attached hydrogen (secondary N) is 1. The molecule has 4 atom stereocenters. The van der Waals surface area contributed by atoms with E-state index in [0.29, 0.717) is 11.5 Å². The first-order chi connectivity index (χ1) is 16.8. The second-order valence-electron chi connectivity index (χ2n) is 8.19. The van der Waals surface area contributed by atoms with Gasteiger partial charge in [0.2, 0.25) is 0 Å². The maximum Gasteiger partial charge on any atom is 0.351 e. The lowest BCUT2D eigenvalue weighted by Crippen LogP contribution is -2.43. The summed E-state index contributed by atoms with van der Waals surface area (Å²) in [6, 6.07) is 8.22. The molecular formula is C23H23N3O9. The van der Waals surface area contributed by atoms with Crippen LogP contribution in [-0.4, -0.2) is 57.6 Å². The lowest BCUT2D eigenvalue weighted by molar-refractivity contribution is -0.164. The zero-order valence-corrected chi connectivity index (χ0v) is 18.8. The predicted molar refractivity (Wildman–Crippen MR) is 118 cm³/mol. The molecule has 2 aromatic rings. The summed E-state index contributed by atoms with van der Waals surface area (Å²) in [5.74, 6) is -2.12. The summed E-state index contributed by atoms with van der Waals surface area (Å²) in [4.78, 5) is 52.9. The van der Waals surface area contributed by atoms with E-state index in [1.807, 2.05) is 26.0 Å². The van der Waals surface area contributed by atoms with Gasteiger partial charge in [-0.15, -0.1) is 0 Å². The molecule has 0 aliphatic carbocycles. The van der Waals surface area contributed by atoms with Gasteiger partial charge >= 0.3 is 23.6 Å². The van der Waals surface area contributed by atoms with Crippen molar-refractivity contribution in [3.05, 3.63) is 70.3 Å². The minimum Gasteiger partial charge on any atom is -0.459 e. The summed E-state index contributed by atoms with van der Waals surface area (Å²) < 4.78 is 23.0. The van der Waals surface area contributed by atoms with Crippen molar-refractivity contribution in [2.24, 2.45) is 0 Å². The Morgan fingerprint density at radius 2 is 1.74 bits per heavy atom. The number of esters is 3. The van der Waals surface area contributed by atoms with Crippen LogP contribution < -0.4 is 11.2 Å². The van der Waals surface area contributed by atoms with Crippen LogP contribution in [0.1, 0.15) is 41.9 Å². The molecule has 1 aromatic heterocycles. The molecule has 1 aromatic carbocycles. The highest BCUT2D eigenvalue weighted by atomic mass is 16.7. The molecule has 0 spiro atoms. The van der Waals surface area contributed by atoms with Crippen molar-refractivity contribution in [1.29, 1.82) is 0 Å². The standard InChI is InChI=1S/C23H23N3O9/c1-12(2)13-3-5-14(6-4-13)22(29)32-11-15-19-20(35-18(28)8-7-17(27)34-19)21(33-15)26-10-9-16(25-31)24-23(26)30/h3-10,12,15,19-21,31H,11H2,1-2H3,(H,24,25,30)/b8-7-/t15-,19?,20+,21-/m1/s1. The van der Waals surface area contributed by atoms with E-state index in [4.69, 9.17) is 24.2 Å². The van der Waals surface area contributed by atoms with Crippen molar-refractivity contribution < 1.29 is 38.5 Å². The van der Waals surface area contributed by atoms with Gasteiger partial charge in [0, 0.05) is 18.3 Å². The molecule has 0 bridgehead atoms. The molecule has 3 heterocycles. The molecule has 12 heteroatoms. The second kappa shape index (κ2) is 10.1. The fourth-order valence-electron chi connectivity index (χ4n) is 3.73. The first-order valence-corrected chi connectivity index (χ1v) is 10.8. The molecule has 0 saturated carbocycles. The van der Waals surface area contributed by atoms with E-state index in [2.05, 4.69) is 4.98 Å². The number of hydrogen-bond donors (Lipinski definition) is 2. The van der Waals surface area contributed by atoms with Gasteiger partial charge in [-0.05, 0) is 29.7 Å². The number of rotatable bonds is 6. The first kappa shape index (κ1) is 24.1. The normalized spacial score (nSPS) is 24.6. The molecule has 0 amide bonds. The second-order valence-corrected chi connectivity index (χ2v) is 8.19. The van der Waals surface area contributed by atoms with Crippen LogP contribution in [0, 0.1) is 0 Å². The maximum atomic E-state index is 12.6. The van der Waals surface area contributed by atoms with Gasteiger partial charge in [-0.25, -0.2) is 19.2 Å². The lowest BCUT2D eigenvalue weighted by Gasteiger charge is -2.25. The molecule has 35 heavy (non-hydrogen) atoms. The monoisotopic (exact) mass is 485 g/mol. The summed E-state index contributed by atoms with van der Waals surface area (Å²) in [5.41, 5.74) is 2.29. The Morgan fingerprint density at radius 3 is 2.34 bits per heavy atom. The van der Waals surface area contributed by atoms with Crippen LogP contribution in [0.25, 0.3) is 0 Å². The van der Waals surface area contributed by atoms with Gasteiger partial charge in [-0.1, -0.05) is 26.0 Å². The number of nitrogens with zero attached hydrogens (tertiary/aromatic N) is 2. The van der Waals surface area contributed by atoms with Crippen molar-refractivity contribution in [3.63, 3.8) is 0 Å². The molecule has 2 aliphatic rings. The maximum absolute atomic E-state index is 12.6. The molecule has 2 N–H and O–H groups in total. The van der Waals surface area contributed by atoms with E-state index in [1.54, 1.807) is 17.6 Å². The number of carbonyl (C=O) groups is 3. The third kappa shape index (κ3) is 5.23. The molecule has 1 saturated heterocycles. The van der Waals surface area contributed by atoms with Gasteiger partial charge in [-0.3, -0.25) is 15.3 Å². The van der Waals surface area contributed by atoms with Crippen LogP contribution in [0.3, 0.4) is 0 Å². The van der Waals surface area contributed by atoms with Crippen LogP contribution in [-0.2, 0) is 28.5 Å². The molecule has 4 rings (SSSR count). The average Bonchev–Trinajstić information content (AvgIpc) is 3.15. The highest BCUT2D eigenvalue weighted by molar-refractivity contribution is 5.92. The lowest BCUT2D eigenvalue weighted by atomic mass is 10.0. The van der Waals surface area contributed by atoms with Gasteiger partial charge in [0.25, 0.3) is 0 Å². The first-order valence-electron chi connectivity index (χ1n) is 10.8. The van der Waals surface area contributed by atoms with Crippen molar-refractivity contribution in [3.8, 4) is 0 Å². The third-order valence-electron chi connectivity index (χ3n) is 5.56. The van der Waals surface area contributed by atoms with Gasteiger partial charge in [-0.2, -0.15) is 4.98 Å². The zero-order chi connectivity index (χ0) is 25.1. The summed E-state index contributed by atoms with van der Waals surface area (Å²) in [7, 11) is 0. The number of anilines is 1. The Kier molecular flexibility index (Phi) is 6.94. The predicted octanol–water partition coefficient (Wildman–Crippen LogP) is 1.32. The Hall–Kier alpha value is -4.03. The van der Waals surface area contributed by atoms with Crippen LogP contribution >= 0.6 is 0 Å². The molecule has 12 nitrogen and oxygen atoms in total. The highest BCUT2D eigenvalue weighted by Crippen LogP contribution is 2.34. The number of aromatic nitrogens is 2. The van der Waals surface area contributed by atoms with Gasteiger partial charge in [0.15, 0.2) is 24.3 Å². The molecule has 1 unspecified atom stereocenters. The van der Waals surface area contributed by atoms with E-state index in [-0.39, 0.29) is 12.4 Å². The van der Waals surface area contributed by atoms with E-state index in [0.717, 1.165) is 22.3 Å². The third-order valence-corrected chi connectivity index (χ3v) is 5.56. The number of hydrogen-bond acceptors (Lipinski definition) is 11. The molecule has 0 radical (unpaired) electrons. The summed E-state index contributed by atoms with van der Waals surface area (Å²) >= 11 is 0. The number of ether oxygens (including phenoxy) is 4. The quantitative estimate of drug-likeness (QED) is 0.346. The topological polar surface area (TPSA) is 155 Å². The van der Waals surface area contributed by atoms with E-state index in [9.17, 15) is 19.2 Å². The average molecular weight is 485 g/mol. The van der Waals surface area contributed by atoms with E-state index < -0.39 is 48.1 Å². The Balaban J connectivity index is 1.57. The fraction of sp³-hybridized carbons (Fsp3) is 0.348. The number of carbonyl (C=O) groups excluding carboxylic acids is 3. The molecule has 1 fully saturated rings. The van der Waals surface area contributed by atoms with Crippen molar-refractivity contribution >= 4 is 23.7 Å². The molecular weight excluding hydrogens is 462 g/mol. The minimum absolute atomic E-state index is 0.112.